The van der Waals surface area contributed by atoms with Crippen LogP contribution < -0.4 is 0 Å². The van der Waals surface area contributed by atoms with Crippen LogP contribution in [0, 0.1) is 17.3 Å². The SMILES string of the molecule is CCCN1CC=C[C@@]2(C)S[C@]34C=CCN(C(C)(C)CC(C)(C)C)C(=O)C3N(CCCCCO)C(=O)[C@@H]4[C@H]2C1=O. The number of likely N-dealkylation sites (tertiary alicyclic amines) is 1. The van der Waals surface area contributed by atoms with Crippen molar-refractivity contribution in [3.05, 3.63) is 24.3 Å². The van der Waals surface area contributed by atoms with Gasteiger partial charge in [0.15, 0.2) is 0 Å². The normalized spacial score (nSPS) is 32.9. The first-order valence-electron chi connectivity index (χ1n) is 14.8. The molecule has 4 rings (SSSR count). The van der Waals surface area contributed by atoms with Crippen molar-refractivity contribution in [1.82, 2.24) is 14.7 Å². The lowest BCUT2D eigenvalue weighted by Crippen LogP contribution is -2.58. The summed E-state index contributed by atoms with van der Waals surface area (Å²) < 4.78 is -1.37. The number of carbonyl (C=O) groups excluding carboxylic acids is 3. The van der Waals surface area contributed by atoms with Crippen LogP contribution in [0.3, 0.4) is 0 Å². The van der Waals surface area contributed by atoms with Gasteiger partial charge in [-0.1, -0.05) is 52.0 Å². The van der Waals surface area contributed by atoms with Crippen LogP contribution in [0.4, 0.5) is 0 Å². The molecule has 8 heteroatoms. The van der Waals surface area contributed by atoms with Gasteiger partial charge in [0, 0.05) is 43.1 Å². The van der Waals surface area contributed by atoms with E-state index in [1.807, 2.05) is 9.80 Å². The summed E-state index contributed by atoms with van der Waals surface area (Å²) in [6.07, 6.45) is 12.3. The Morgan fingerprint density at radius 1 is 0.923 bits per heavy atom. The second-order valence-corrected chi connectivity index (χ2v) is 15.7. The van der Waals surface area contributed by atoms with E-state index in [1.54, 1.807) is 16.7 Å². The lowest BCUT2D eigenvalue weighted by Gasteiger charge is -2.44. The number of thioether (sulfide) groups is 1. The number of nitrogens with zero attached hydrogens (tertiary/aromatic N) is 3. The first-order chi connectivity index (χ1) is 18.2. The minimum atomic E-state index is -0.799. The fourth-order valence-corrected chi connectivity index (χ4v) is 9.95. The summed E-state index contributed by atoms with van der Waals surface area (Å²) in [6, 6.07) is -0.656. The summed E-state index contributed by atoms with van der Waals surface area (Å²) in [5.41, 5.74) is -0.377. The molecule has 4 aliphatic rings. The number of carbonyl (C=O) groups is 3. The molecular weight excluding hydrogens is 510 g/mol. The Labute approximate surface area is 239 Å². The number of hydrogen-bond donors (Lipinski definition) is 1. The number of amides is 3. The average molecular weight is 560 g/mol. The van der Waals surface area contributed by atoms with Crippen LogP contribution >= 0.6 is 11.8 Å². The van der Waals surface area contributed by atoms with Gasteiger partial charge in [-0.2, -0.15) is 0 Å². The molecule has 0 aliphatic carbocycles. The van der Waals surface area contributed by atoms with Gasteiger partial charge in [0.05, 0.1) is 16.6 Å². The van der Waals surface area contributed by atoms with Gasteiger partial charge >= 0.3 is 0 Å². The Balaban J connectivity index is 1.80. The second kappa shape index (κ2) is 10.9. The molecular formula is C31H49N3O4S. The summed E-state index contributed by atoms with van der Waals surface area (Å²) in [5, 5.41) is 9.30. The third kappa shape index (κ3) is 5.32. The topological polar surface area (TPSA) is 81.2 Å². The van der Waals surface area contributed by atoms with Gasteiger partial charge in [0.25, 0.3) is 0 Å². The monoisotopic (exact) mass is 559 g/mol. The number of rotatable bonds is 9. The first-order valence-corrected chi connectivity index (χ1v) is 15.6. The van der Waals surface area contributed by atoms with Gasteiger partial charge in [0.1, 0.15) is 6.04 Å². The summed E-state index contributed by atoms with van der Waals surface area (Å²) in [7, 11) is 0. The van der Waals surface area contributed by atoms with Crippen LogP contribution in [-0.2, 0) is 14.4 Å². The van der Waals surface area contributed by atoms with E-state index < -0.39 is 32.9 Å². The number of unbranched alkanes of at least 4 members (excludes halogenated alkanes) is 2. The van der Waals surface area contributed by atoms with Gasteiger partial charge in [-0.15, -0.1) is 11.8 Å². The van der Waals surface area contributed by atoms with Crippen LogP contribution in [0.2, 0.25) is 0 Å². The Bertz CT molecular complexity index is 1030. The molecule has 1 N–H and O–H groups in total. The molecule has 0 aromatic heterocycles. The summed E-state index contributed by atoms with van der Waals surface area (Å²) in [6.45, 7) is 17.3. The molecule has 7 nitrogen and oxygen atoms in total. The highest BCUT2D eigenvalue weighted by atomic mass is 32.2. The summed E-state index contributed by atoms with van der Waals surface area (Å²) in [5.74, 6) is -1.16. The minimum Gasteiger partial charge on any atom is -0.396 e. The third-order valence-corrected chi connectivity index (χ3v) is 10.7. The molecule has 0 aromatic rings. The molecule has 1 spiro atoms. The molecule has 4 heterocycles. The van der Waals surface area contributed by atoms with E-state index in [0.29, 0.717) is 32.6 Å². The van der Waals surface area contributed by atoms with Crippen LogP contribution in [0.25, 0.3) is 0 Å². The lowest BCUT2D eigenvalue weighted by atomic mass is 9.74. The zero-order valence-corrected chi connectivity index (χ0v) is 25.9. The van der Waals surface area contributed by atoms with E-state index in [-0.39, 0.29) is 29.7 Å². The highest BCUT2D eigenvalue weighted by Gasteiger charge is 2.74. The van der Waals surface area contributed by atoms with E-state index >= 15 is 0 Å². The molecule has 2 saturated heterocycles. The van der Waals surface area contributed by atoms with E-state index in [2.05, 4.69) is 72.8 Å². The predicted molar refractivity (Wildman–Crippen MR) is 157 cm³/mol. The quantitative estimate of drug-likeness (QED) is 0.337. The average Bonchev–Trinajstić information content (AvgIpc) is 3.08. The van der Waals surface area contributed by atoms with Gasteiger partial charge in [-0.25, -0.2) is 0 Å². The van der Waals surface area contributed by atoms with E-state index in [9.17, 15) is 19.5 Å². The van der Waals surface area contributed by atoms with Crippen LogP contribution in [0.5, 0.6) is 0 Å². The van der Waals surface area contributed by atoms with Crippen molar-refractivity contribution in [2.24, 2.45) is 17.3 Å². The fraction of sp³-hybridized carbons (Fsp3) is 0.774. The number of aliphatic hydroxyl groups is 1. The second-order valence-electron chi connectivity index (χ2n) is 13.9. The molecule has 0 aromatic carbocycles. The molecule has 3 amide bonds. The maximum Gasteiger partial charge on any atom is 0.247 e. The third-order valence-electron chi connectivity index (χ3n) is 8.88. The van der Waals surface area contributed by atoms with Crippen molar-refractivity contribution in [3.63, 3.8) is 0 Å². The molecule has 218 valence electrons. The molecule has 5 atom stereocenters. The Morgan fingerprint density at radius 2 is 1.62 bits per heavy atom. The van der Waals surface area contributed by atoms with E-state index in [0.717, 1.165) is 25.7 Å². The van der Waals surface area contributed by atoms with Crippen molar-refractivity contribution >= 4 is 29.5 Å². The van der Waals surface area contributed by atoms with Crippen LogP contribution in [0.15, 0.2) is 24.3 Å². The molecule has 0 bridgehead atoms. The smallest absolute Gasteiger partial charge is 0.247 e. The Hall–Kier alpha value is -1.80. The predicted octanol–water partition coefficient (Wildman–Crippen LogP) is 4.26. The lowest BCUT2D eigenvalue weighted by molar-refractivity contribution is -0.147. The van der Waals surface area contributed by atoms with Crippen LogP contribution in [-0.4, -0.2) is 91.4 Å². The van der Waals surface area contributed by atoms with Crippen molar-refractivity contribution < 1.29 is 19.5 Å². The first kappa shape index (κ1) is 30.2. The molecule has 0 saturated carbocycles. The van der Waals surface area contributed by atoms with Crippen molar-refractivity contribution in [2.45, 2.75) is 102 Å². The highest BCUT2D eigenvalue weighted by molar-refractivity contribution is 8.02. The largest absolute Gasteiger partial charge is 0.396 e. The molecule has 1 unspecified atom stereocenters. The van der Waals surface area contributed by atoms with Gasteiger partial charge in [-0.3, -0.25) is 14.4 Å². The van der Waals surface area contributed by atoms with Crippen molar-refractivity contribution in [3.8, 4) is 0 Å². The molecule has 39 heavy (non-hydrogen) atoms. The number of aliphatic hydroxyl groups excluding tert-OH is 1. The molecule has 2 fully saturated rings. The summed E-state index contributed by atoms with van der Waals surface area (Å²) in [4.78, 5) is 48.9. The minimum absolute atomic E-state index is 0.0124. The van der Waals surface area contributed by atoms with Crippen LogP contribution in [0.1, 0.15) is 80.6 Å². The molecule has 4 aliphatic heterocycles. The zero-order chi connectivity index (χ0) is 28.8. The maximum atomic E-state index is 14.7. The van der Waals surface area contributed by atoms with Gasteiger partial charge in [-0.05, 0) is 58.3 Å². The summed E-state index contributed by atoms with van der Waals surface area (Å²) >= 11 is 1.66. The van der Waals surface area contributed by atoms with E-state index in [1.165, 1.54) is 0 Å². The number of fused-ring (bicyclic) bond motifs is 2. The Kier molecular flexibility index (Phi) is 8.42. The molecule has 0 radical (unpaired) electrons. The van der Waals surface area contributed by atoms with Crippen molar-refractivity contribution in [1.29, 1.82) is 0 Å². The van der Waals surface area contributed by atoms with E-state index in [4.69, 9.17) is 0 Å². The van der Waals surface area contributed by atoms with Gasteiger partial charge < -0.3 is 19.8 Å². The number of hydrogen-bond acceptors (Lipinski definition) is 5. The maximum absolute atomic E-state index is 14.7. The standard InChI is InChI=1S/C31H49N3O4S/c1-8-16-32-17-12-14-30(7)22(25(32)36)23-26(37)33(18-10-9-11-20-35)24-27(38)34(19-13-15-31(23,24)39-30)29(5,6)21-28(2,3)4/h12-15,22-24,35H,8-11,16-21H2,1-7H3/t22-,23-,24?,30+,31-/m0/s1. The zero-order valence-electron chi connectivity index (χ0n) is 25.0. The van der Waals surface area contributed by atoms with Gasteiger partial charge in [0.2, 0.25) is 17.7 Å². The fourth-order valence-electron chi connectivity index (χ4n) is 7.79. The van der Waals surface area contributed by atoms with Crippen molar-refractivity contribution in [2.75, 3.05) is 32.8 Å². The highest BCUT2D eigenvalue weighted by Crippen LogP contribution is 2.65. The Morgan fingerprint density at radius 3 is 2.26 bits per heavy atom.